The van der Waals surface area contributed by atoms with Crippen LogP contribution in [-0.4, -0.2) is 9.97 Å². The number of hydrogen-bond donors (Lipinski definition) is 0. The van der Waals surface area contributed by atoms with Gasteiger partial charge in [-0.25, -0.2) is 0 Å². The van der Waals surface area contributed by atoms with E-state index in [1.807, 2.05) is 158 Å². The van der Waals surface area contributed by atoms with Crippen molar-refractivity contribution in [3.8, 4) is 22.3 Å². The normalized spacial score (nSPS) is 11.7. The molecule has 46 heavy (non-hydrogen) atoms. The molecule has 0 radical (unpaired) electrons. The van der Waals surface area contributed by atoms with Gasteiger partial charge in [-0.3, -0.25) is 9.97 Å². The van der Waals surface area contributed by atoms with Crippen molar-refractivity contribution in [3.63, 3.8) is 0 Å². The fraction of sp³-hybridized carbons (Fsp3) is 0. The lowest BCUT2D eigenvalue weighted by Crippen LogP contribution is -2.33. The van der Waals surface area contributed by atoms with Gasteiger partial charge in [0, 0.05) is 73.3 Å². The van der Waals surface area contributed by atoms with E-state index in [1.165, 1.54) is 0 Å². The first-order valence-corrected chi connectivity index (χ1v) is 18.4. The fourth-order valence-electron chi connectivity index (χ4n) is 6.02. The first-order valence-electron chi connectivity index (χ1n) is 15.0. The highest BCUT2D eigenvalue weighted by Crippen LogP contribution is 2.51. The lowest BCUT2D eigenvalue weighted by Gasteiger charge is -2.29. The minimum Gasteiger partial charge on any atom is -0.309 e. The van der Waals surface area contributed by atoms with Crippen LogP contribution in [0.15, 0.2) is 183 Å². The summed E-state index contributed by atoms with van der Waals surface area (Å²) in [4.78, 5) is 8.90. The van der Waals surface area contributed by atoms with Gasteiger partial charge < -0.3 is 9.13 Å². The Hall–Kier alpha value is -5.14. The van der Waals surface area contributed by atoms with Crippen LogP contribution in [0, 0.1) is 0 Å². The SMILES string of the molecule is O=P(c1ccccc1)(c1ccccc1)c1cc(-c2cccnc2)cc(P(=O)(c2ccccc2)c2ccccc2)c1-c1cccnc1. The number of pyridine rings is 2. The molecular formula is C40H30N2O2P2. The topological polar surface area (TPSA) is 59.9 Å². The molecule has 0 saturated carbocycles. The molecule has 2 aromatic heterocycles. The average Bonchev–Trinajstić information content (AvgIpc) is 3.16. The van der Waals surface area contributed by atoms with Gasteiger partial charge in [0.1, 0.15) is 0 Å². The standard InChI is InChI=1S/C40H30N2O2P2/c43-45(34-17-5-1-6-18-34,35-19-7-2-8-20-35)38-27-33(31-15-13-25-41-29-31)28-39(40(38)32-16-14-26-42-30-32)46(44,36-21-9-3-10-22-36)37-23-11-4-12-24-37/h1-30H. The molecule has 0 unspecified atom stereocenters. The molecule has 0 atom stereocenters. The number of rotatable bonds is 8. The van der Waals surface area contributed by atoms with Crippen LogP contribution in [0.3, 0.4) is 0 Å². The van der Waals surface area contributed by atoms with Crippen molar-refractivity contribution in [3.05, 3.63) is 183 Å². The van der Waals surface area contributed by atoms with Crippen molar-refractivity contribution in [2.75, 3.05) is 0 Å². The second kappa shape index (κ2) is 12.7. The van der Waals surface area contributed by atoms with Gasteiger partial charge in [0.15, 0.2) is 14.3 Å². The zero-order chi connectivity index (χ0) is 31.4. The zero-order valence-electron chi connectivity index (χ0n) is 24.9. The lowest BCUT2D eigenvalue weighted by molar-refractivity contribution is 0.592. The van der Waals surface area contributed by atoms with Gasteiger partial charge in [0.25, 0.3) is 0 Å². The first-order chi connectivity index (χ1) is 22.6. The van der Waals surface area contributed by atoms with Gasteiger partial charge in [-0.2, -0.15) is 0 Å². The van der Waals surface area contributed by atoms with E-state index >= 15 is 9.13 Å². The zero-order valence-corrected chi connectivity index (χ0v) is 26.7. The van der Waals surface area contributed by atoms with Crippen molar-refractivity contribution >= 4 is 46.1 Å². The molecule has 2 heterocycles. The Bertz CT molecular complexity index is 1970. The molecule has 0 aliphatic heterocycles. The smallest absolute Gasteiger partial charge is 0.171 e. The second-order valence-electron chi connectivity index (χ2n) is 10.9. The number of aromatic nitrogens is 2. The molecular weight excluding hydrogens is 602 g/mol. The summed E-state index contributed by atoms with van der Waals surface area (Å²) in [7, 11) is -7.15. The summed E-state index contributed by atoms with van der Waals surface area (Å²) in [5, 5.41) is 3.96. The number of benzene rings is 5. The van der Waals surface area contributed by atoms with Crippen LogP contribution >= 0.6 is 14.3 Å². The Kier molecular flexibility index (Phi) is 8.16. The van der Waals surface area contributed by atoms with Crippen LogP contribution in [0.5, 0.6) is 0 Å². The van der Waals surface area contributed by atoms with Crippen molar-refractivity contribution in [1.29, 1.82) is 0 Å². The fourth-order valence-corrected chi connectivity index (χ4v) is 12.0. The Morgan fingerprint density at radius 2 is 0.717 bits per heavy atom. The molecule has 6 heteroatoms. The highest BCUT2D eigenvalue weighted by Gasteiger charge is 2.39. The van der Waals surface area contributed by atoms with Crippen LogP contribution in [0.2, 0.25) is 0 Å². The molecule has 4 nitrogen and oxygen atoms in total. The number of nitrogens with zero attached hydrogens (tertiary/aromatic N) is 2. The van der Waals surface area contributed by atoms with E-state index in [-0.39, 0.29) is 0 Å². The van der Waals surface area contributed by atoms with Gasteiger partial charge in [-0.1, -0.05) is 133 Å². The van der Waals surface area contributed by atoms with Crippen LogP contribution in [0.4, 0.5) is 0 Å². The summed E-state index contributed by atoms with van der Waals surface area (Å²) in [6.45, 7) is 0. The van der Waals surface area contributed by atoms with Crippen molar-refractivity contribution in [1.82, 2.24) is 9.97 Å². The van der Waals surface area contributed by atoms with Gasteiger partial charge in [0.2, 0.25) is 0 Å². The van der Waals surface area contributed by atoms with Crippen LogP contribution in [0.25, 0.3) is 22.3 Å². The van der Waals surface area contributed by atoms with E-state index in [0.717, 1.165) is 16.7 Å². The summed E-state index contributed by atoms with van der Waals surface area (Å²) >= 11 is 0. The average molecular weight is 633 g/mol. The Morgan fingerprint density at radius 3 is 1.04 bits per heavy atom. The van der Waals surface area contributed by atoms with Crippen molar-refractivity contribution in [2.45, 2.75) is 0 Å². The van der Waals surface area contributed by atoms with E-state index in [2.05, 4.69) is 9.97 Å². The summed E-state index contributed by atoms with van der Waals surface area (Å²) in [5.74, 6) is 0. The largest absolute Gasteiger partial charge is 0.309 e. The molecule has 0 fully saturated rings. The van der Waals surface area contributed by atoms with Gasteiger partial charge in [-0.15, -0.1) is 0 Å². The Labute approximate surface area is 269 Å². The summed E-state index contributed by atoms with van der Waals surface area (Å²) in [5.41, 5.74) is 3.02. The molecule has 0 aliphatic rings. The molecule has 0 spiro atoms. The van der Waals surface area contributed by atoms with E-state index in [0.29, 0.717) is 37.4 Å². The van der Waals surface area contributed by atoms with Crippen molar-refractivity contribution < 1.29 is 9.13 Å². The molecule has 7 rings (SSSR count). The van der Waals surface area contributed by atoms with Gasteiger partial charge in [0.05, 0.1) is 0 Å². The summed E-state index contributed by atoms with van der Waals surface area (Å²) < 4.78 is 32.4. The molecule has 0 saturated heterocycles. The van der Waals surface area contributed by atoms with E-state index < -0.39 is 14.3 Å². The minimum absolute atomic E-state index is 0.598. The summed E-state index contributed by atoms with van der Waals surface area (Å²) in [6, 6.07) is 50.1. The molecule has 222 valence electrons. The molecule has 0 bridgehead atoms. The van der Waals surface area contributed by atoms with Crippen LogP contribution in [-0.2, 0) is 9.13 Å². The third-order valence-corrected chi connectivity index (χ3v) is 14.4. The predicted octanol–water partition coefficient (Wildman–Crippen LogP) is 7.09. The Balaban J connectivity index is 1.71. The second-order valence-corrected chi connectivity index (χ2v) is 16.4. The third kappa shape index (κ3) is 5.26. The van der Waals surface area contributed by atoms with E-state index in [1.54, 1.807) is 24.8 Å². The van der Waals surface area contributed by atoms with E-state index in [9.17, 15) is 0 Å². The minimum atomic E-state index is -3.58. The number of hydrogen-bond acceptors (Lipinski definition) is 4. The molecule has 5 aromatic carbocycles. The molecule has 0 aliphatic carbocycles. The third-order valence-electron chi connectivity index (χ3n) is 8.20. The monoisotopic (exact) mass is 632 g/mol. The van der Waals surface area contributed by atoms with Gasteiger partial charge >= 0.3 is 0 Å². The molecule has 0 N–H and O–H groups in total. The maximum Gasteiger partial charge on any atom is 0.171 e. The highest BCUT2D eigenvalue weighted by atomic mass is 31.2. The quantitative estimate of drug-likeness (QED) is 0.168. The first kappa shape index (κ1) is 29.6. The highest BCUT2D eigenvalue weighted by molar-refractivity contribution is 7.87. The molecule has 0 amide bonds. The predicted molar refractivity (Wildman–Crippen MR) is 192 cm³/mol. The summed E-state index contributed by atoms with van der Waals surface area (Å²) in [6.07, 6.45) is 7.01. The van der Waals surface area contributed by atoms with E-state index in [4.69, 9.17) is 0 Å². The van der Waals surface area contributed by atoms with Crippen LogP contribution < -0.4 is 31.8 Å². The molecule has 7 aromatic rings. The maximum absolute atomic E-state index is 16.2. The van der Waals surface area contributed by atoms with Gasteiger partial charge in [-0.05, 0) is 29.8 Å². The lowest BCUT2D eigenvalue weighted by atomic mass is 10.0. The van der Waals surface area contributed by atoms with Crippen LogP contribution in [0.1, 0.15) is 0 Å². The maximum atomic E-state index is 16.2. The Morgan fingerprint density at radius 1 is 0.370 bits per heavy atom. The van der Waals surface area contributed by atoms with Crippen molar-refractivity contribution in [2.24, 2.45) is 0 Å².